The lowest BCUT2D eigenvalue weighted by molar-refractivity contribution is -0.0421. The summed E-state index contributed by atoms with van der Waals surface area (Å²) >= 11 is 0. The van der Waals surface area contributed by atoms with E-state index in [1.54, 1.807) is 13.8 Å². The van der Waals surface area contributed by atoms with Gasteiger partial charge < -0.3 is 15.6 Å². The number of para-hydroxylation sites is 1. The van der Waals surface area contributed by atoms with Crippen molar-refractivity contribution in [2.24, 2.45) is 0 Å². The summed E-state index contributed by atoms with van der Waals surface area (Å²) < 4.78 is 5.56. The first kappa shape index (κ1) is 13.7. The molecule has 1 saturated heterocycles. The van der Waals surface area contributed by atoms with E-state index in [4.69, 9.17) is 10.5 Å². The zero-order chi connectivity index (χ0) is 14.0. The standard InChI is InChI=1S/C14H20N2O3/c1-14(2)16(13(17)18)11(9-19-14)8-7-10-5-3-4-6-12(10)15/h3-6,11H,7-9,15H2,1-2H3,(H,17,18). The Hall–Kier alpha value is -1.75. The van der Waals surface area contributed by atoms with Crippen LogP contribution < -0.4 is 5.73 Å². The predicted molar refractivity (Wildman–Crippen MR) is 72.9 cm³/mol. The first-order valence-corrected chi connectivity index (χ1v) is 6.41. The normalized spacial score (nSPS) is 21.6. The van der Waals surface area contributed by atoms with Gasteiger partial charge in [0.1, 0.15) is 5.72 Å². The minimum atomic E-state index is -0.937. The zero-order valence-electron chi connectivity index (χ0n) is 11.3. The number of carbonyl (C=O) groups is 1. The molecule has 1 aromatic rings. The number of aryl methyl sites for hydroxylation is 1. The van der Waals surface area contributed by atoms with Gasteiger partial charge in [-0.1, -0.05) is 18.2 Å². The van der Waals surface area contributed by atoms with Crippen LogP contribution in [0.15, 0.2) is 24.3 Å². The number of anilines is 1. The van der Waals surface area contributed by atoms with Gasteiger partial charge in [0.15, 0.2) is 0 Å². The van der Waals surface area contributed by atoms with E-state index < -0.39 is 11.8 Å². The minimum absolute atomic E-state index is 0.118. The molecule has 1 aromatic carbocycles. The topological polar surface area (TPSA) is 75.8 Å². The highest BCUT2D eigenvalue weighted by Crippen LogP contribution is 2.30. The summed E-state index contributed by atoms with van der Waals surface area (Å²) in [4.78, 5) is 12.7. The Bertz CT molecular complexity index is 474. The molecule has 1 atom stereocenters. The second-order valence-electron chi connectivity index (χ2n) is 5.30. The van der Waals surface area contributed by atoms with Gasteiger partial charge >= 0.3 is 6.09 Å². The van der Waals surface area contributed by atoms with Crippen LogP contribution in [-0.4, -0.2) is 34.5 Å². The number of hydrogen-bond acceptors (Lipinski definition) is 3. The summed E-state index contributed by atoms with van der Waals surface area (Å²) in [6.45, 7) is 3.99. The molecule has 104 valence electrons. The average Bonchev–Trinajstić information content (AvgIpc) is 2.63. The third-order valence-corrected chi connectivity index (χ3v) is 3.58. The van der Waals surface area contributed by atoms with E-state index in [9.17, 15) is 9.90 Å². The maximum absolute atomic E-state index is 11.3. The molecule has 0 aromatic heterocycles. The van der Waals surface area contributed by atoms with Crippen LogP contribution in [0.5, 0.6) is 0 Å². The Labute approximate surface area is 113 Å². The number of benzene rings is 1. The maximum atomic E-state index is 11.3. The molecule has 5 nitrogen and oxygen atoms in total. The Balaban J connectivity index is 2.04. The molecule has 1 aliphatic rings. The van der Waals surface area contributed by atoms with Gasteiger partial charge in [-0.2, -0.15) is 0 Å². The predicted octanol–water partition coefficient (Wildman–Crippen LogP) is 2.32. The van der Waals surface area contributed by atoms with Crippen molar-refractivity contribution < 1.29 is 14.6 Å². The Morgan fingerprint density at radius 3 is 2.84 bits per heavy atom. The molecule has 3 N–H and O–H groups in total. The second kappa shape index (κ2) is 5.09. The highest BCUT2D eigenvalue weighted by atomic mass is 16.5. The Morgan fingerprint density at radius 1 is 1.53 bits per heavy atom. The van der Waals surface area contributed by atoms with Gasteiger partial charge in [-0.15, -0.1) is 0 Å². The molecule has 2 rings (SSSR count). The molecule has 0 aliphatic carbocycles. The van der Waals surface area contributed by atoms with Crippen LogP contribution in [0.2, 0.25) is 0 Å². The van der Waals surface area contributed by atoms with Crippen LogP contribution in [0.1, 0.15) is 25.8 Å². The van der Waals surface area contributed by atoms with Crippen molar-refractivity contribution >= 4 is 11.8 Å². The smallest absolute Gasteiger partial charge is 0.409 e. The molecule has 1 unspecified atom stereocenters. The van der Waals surface area contributed by atoms with Gasteiger partial charge in [-0.3, -0.25) is 4.90 Å². The quantitative estimate of drug-likeness (QED) is 0.821. The summed E-state index contributed by atoms with van der Waals surface area (Å²) in [5, 5.41) is 9.29. The first-order valence-electron chi connectivity index (χ1n) is 6.41. The van der Waals surface area contributed by atoms with E-state index in [1.165, 1.54) is 4.90 Å². The van der Waals surface area contributed by atoms with Crippen molar-refractivity contribution in [3.8, 4) is 0 Å². The SMILES string of the molecule is CC1(C)OCC(CCc2ccccc2N)N1C(=O)O. The van der Waals surface area contributed by atoms with E-state index in [0.717, 1.165) is 17.7 Å². The fraction of sp³-hybridized carbons (Fsp3) is 0.500. The van der Waals surface area contributed by atoms with Crippen molar-refractivity contribution in [3.05, 3.63) is 29.8 Å². The van der Waals surface area contributed by atoms with Gasteiger partial charge in [-0.25, -0.2) is 4.79 Å². The monoisotopic (exact) mass is 264 g/mol. The lowest BCUT2D eigenvalue weighted by atomic mass is 10.0. The number of ether oxygens (including phenoxy) is 1. The number of nitrogen functional groups attached to an aromatic ring is 1. The van der Waals surface area contributed by atoms with Crippen LogP contribution >= 0.6 is 0 Å². The molecule has 1 fully saturated rings. The van der Waals surface area contributed by atoms with Gasteiger partial charge in [0, 0.05) is 5.69 Å². The molecular formula is C14H20N2O3. The highest BCUT2D eigenvalue weighted by Gasteiger charge is 2.43. The minimum Gasteiger partial charge on any atom is -0.465 e. The molecule has 0 bridgehead atoms. The van der Waals surface area contributed by atoms with E-state index in [-0.39, 0.29) is 6.04 Å². The lowest BCUT2D eigenvalue weighted by Crippen LogP contribution is -2.47. The third-order valence-electron chi connectivity index (χ3n) is 3.58. The number of carboxylic acid groups (broad SMARTS) is 1. The highest BCUT2D eigenvalue weighted by molar-refractivity contribution is 5.66. The molecule has 0 spiro atoms. The van der Waals surface area contributed by atoms with E-state index >= 15 is 0 Å². The zero-order valence-corrected chi connectivity index (χ0v) is 11.3. The average molecular weight is 264 g/mol. The molecule has 0 radical (unpaired) electrons. The lowest BCUT2D eigenvalue weighted by Gasteiger charge is -2.31. The summed E-state index contributed by atoms with van der Waals surface area (Å²) in [5.41, 5.74) is 6.95. The Morgan fingerprint density at radius 2 is 2.21 bits per heavy atom. The van der Waals surface area contributed by atoms with E-state index in [1.807, 2.05) is 24.3 Å². The summed E-state index contributed by atoms with van der Waals surface area (Å²) in [5.74, 6) is 0. The van der Waals surface area contributed by atoms with E-state index in [2.05, 4.69) is 0 Å². The fourth-order valence-electron chi connectivity index (χ4n) is 2.57. The largest absolute Gasteiger partial charge is 0.465 e. The maximum Gasteiger partial charge on any atom is 0.409 e. The molecule has 19 heavy (non-hydrogen) atoms. The number of nitrogens with zero attached hydrogens (tertiary/aromatic N) is 1. The van der Waals surface area contributed by atoms with Crippen LogP contribution in [-0.2, 0) is 11.2 Å². The molecule has 1 aliphatic heterocycles. The van der Waals surface area contributed by atoms with Gasteiger partial charge in [0.2, 0.25) is 0 Å². The molecule has 1 amide bonds. The molecule has 5 heteroatoms. The molecular weight excluding hydrogens is 244 g/mol. The van der Waals surface area contributed by atoms with Crippen molar-refractivity contribution in [1.82, 2.24) is 4.90 Å². The summed E-state index contributed by atoms with van der Waals surface area (Å²) in [7, 11) is 0. The molecule has 0 saturated carbocycles. The van der Waals surface area contributed by atoms with Crippen molar-refractivity contribution in [3.63, 3.8) is 0 Å². The van der Waals surface area contributed by atoms with E-state index in [0.29, 0.717) is 13.0 Å². The number of hydrogen-bond donors (Lipinski definition) is 2. The van der Waals surface area contributed by atoms with Gasteiger partial charge in [0.05, 0.1) is 12.6 Å². The second-order valence-corrected chi connectivity index (χ2v) is 5.30. The van der Waals surface area contributed by atoms with Crippen LogP contribution in [0, 0.1) is 0 Å². The van der Waals surface area contributed by atoms with Crippen molar-refractivity contribution in [2.45, 2.75) is 38.5 Å². The van der Waals surface area contributed by atoms with Gasteiger partial charge in [0.25, 0.3) is 0 Å². The number of rotatable bonds is 3. The van der Waals surface area contributed by atoms with Crippen LogP contribution in [0.3, 0.4) is 0 Å². The molecule has 1 heterocycles. The Kier molecular flexibility index (Phi) is 3.66. The summed E-state index contributed by atoms with van der Waals surface area (Å²) in [6.07, 6.45) is 0.526. The van der Waals surface area contributed by atoms with Crippen LogP contribution in [0.25, 0.3) is 0 Å². The van der Waals surface area contributed by atoms with Crippen molar-refractivity contribution in [2.75, 3.05) is 12.3 Å². The van der Waals surface area contributed by atoms with Crippen LogP contribution in [0.4, 0.5) is 10.5 Å². The summed E-state index contributed by atoms with van der Waals surface area (Å²) in [6, 6.07) is 7.55. The number of amides is 1. The number of nitrogens with two attached hydrogens (primary N) is 1. The third kappa shape index (κ3) is 2.81. The van der Waals surface area contributed by atoms with Crippen molar-refractivity contribution in [1.29, 1.82) is 0 Å². The first-order chi connectivity index (χ1) is 8.92. The fourth-order valence-corrected chi connectivity index (χ4v) is 2.57. The van der Waals surface area contributed by atoms with Gasteiger partial charge in [-0.05, 0) is 38.3 Å².